The molecular weight excluding hydrogens is 248 g/mol. The minimum Gasteiger partial charge on any atom is -0.315 e. The van der Waals surface area contributed by atoms with Crippen molar-refractivity contribution in [3.8, 4) is 0 Å². The van der Waals surface area contributed by atoms with Gasteiger partial charge in [-0.05, 0) is 23.6 Å². The molecule has 1 aromatic carbocycles. The Morgan fingerprint density at radius 2 is 2.06 bits per heavy atom. The predicted molar refractivity (Wildman–Crippen MR) is 77.5 cm³/mol. The molecule has 1 fully saturated rings. The van der Waals surface area contributed by atoms with Crippen LogP contribution >= 0.6 is 12.4 Å². The third-order valence-corrected chi connectivity index (χ3v) is 3.39. The van der Waals surface area contributed by atoms with Gasteiger partial charge < -0.3 is 10.2 Å². The number of rotatable bonds is 3. The predicted octanol–water partition coefficient (Wildman–Crippen LogP) is 2.41. The van der Waals surface area contributed by atoms with Gasteiger partial charge in [-0.1, -0.05) is 26.0 Å². The first-order valence-corrected chi connectivity index (χ1v) is 6.18. The van der Waals surface area contributed by atoms with E-state index in [1.807, 2.05) is 19.2 Å². The summed E-state index contributed by atoms with van der Waals surface area (Å²) in [5.74, 6) is 0.858. The van der Waals surface area contributed by atoms with Gasteiger partial charge in [-0.3, -0.25) is 4.79 Å². The lowest BCUT2D eigenvalue weighted by atomic mass is 10.00. The molecule has 1 saturated heterocycles. The van der Waals surface area contributed by atoms with Crippen LogP contribution in [0.5, 0.6) is 0 Å². The summed E-state index contributed by atoms with van der Waals surface area (Å²) in [6.07, 6.45) is 0. The van der Waals surface area contributed by atoms with Crippen LogP contribution in [0.4, 0.5) is 5.69 Å². The lowest BCUT2D eigenvalue weighted by Gasteiger charge is -2.30. The zero-order valence-electron chi connectivity index (χ0n) is 11.1. The second kappa shape index (κ2) is 6.21. The third-order valence-electron chi connectivity index (χ3n) is 3.39. The van der Waals surface area contributed by atoms with Crippen LogP contribution in [-0.2, 0) is 4.79 Å². The lowest BCUT2D eigenvalue weighted by molar-refractivity contribution is -0.123. The molecule has 0 spiro atoms. The zero-order valence-corrected chi connectivity index (χ0v) is 12.0. The fraction of sp³-hybridized carbons (Fsp3) is 0.500. The lowest BCUT2D eigenvalue weighted by Crippen LogP contribution is -2.51. The van der Waals surface area contributed by atoms with Crippen LogP contribution in [0.1, 0.15) is 25.3 Å². The molecular formula is C14H21ClN2O. The summed E-state index contributed by atoms with van der Waals surface area (Å²) < 4.78 is 0. The summed E-state index contributed by atoms with van der Waals surface area (Å²) in [4.78, 5) is 13.9. The smallest absolute Gasteiger partial charge is 0.232 e. The van der Waals surface area contributed by atoms with E-state index in [-0.39, 0.29) is 24.2 Å². The average Bonchev–Trinajstić information content (AvgIpc) is 2.25. The van der Waals surface area contributed by atoms with E-state index in [1.165, 1.54) is 5.56 Å². The normalized spacial score (nSPS) is 14.9. The molecule has 18 heavy (non-hydrogen) atoms. The SMILES string of the molecule is CC(C)c1cccc(N(C)C(=O)C2CNC2)c1.Cl. The average molecular weight is 269 g/mol. The number of anilines is 1. The van der Waals surface area contributed by atoms with Crippen LogP contribution < -0.4 is 10.2 Å². The van der Waals surface area contributed by atoms with Crippen molar-refractivity contribution in [2.24, 2.45) is 5.92 Å². The molecule has 0 atom stereocenters. The van der Waals surface area contributed by atoms with Crippen molar-refractivity contribution in [3.63, 3.8) is 0 Å². The molecule has 0 radical (unpaired) electrons. The van der Waals surface area contributed by atoms with Crippen LogP contribution in [0.3, 0.4) is 0 Å². The minimum atomic E-state index is 0. The number of halogens is 1. The second-order valence-corrected chi connectivity index (χ2v) is 5.00. The van der Waals surface area contributed by atoms with Crippen LogP contribution in [0.2, 0.25) is 0 Å². The molecule has 1 amide bonds. The summed E-state index contributed by atoms with van der Waals surface area (Å²) in [5, 5.41) is 3.13. The van der Waals surface area contributed by atoms with E-state index in [0.717, 1.165) is 18.8 Å². The van der Waals surface area contributed by atoms with Gasteiger partial charge in [0, 0.05) is 25.8 Å². The van der Waals surface area contributed by atoms with Crippen molar-refractivity contribution in [1.29, 1.82) is 0 Å². The van der Waals surface area contributed by atoms with Crippen molar-refractivity contribution in [3.05, 3.63) is 29.8 Å². The number of nitrogens with zero attached hydrogens (tertiary/aromatic N) is 1. The van der Waals surface area contributed by atoms with E-state index in [1.54, 1.807) is 4.90 Å². The van der Waals surface area contributed by atoms with Gasteiger partial charge in [0.1, 0.15) is 0 Å². The molecule has 0 unspecified atom stereocenters. The van der Waals surface area contributed by atoms with Crippen LogP contribution in [0.25, 0.3) is 0 Å². The van der Waals surface area contributed by atoms with E-state index in [2.05, 4.69) is 31.3 Å². The Kier molecular flexibility index (Phi) is 5.17. The summed E-state index contributed by atoms with van der Waals surface area (Å²) in [5.41, 5.74) is 2.27. The second-order valence-electron chi connectivity index (χ2n) is 5.00. The van der Waals surface area contributed by atoms with Crippen LogP contribution in [0.15, 0.2) is 24.3 Å². The molecule has 1 aromatic rings. The first-order chi connectivity index (χ1) is 8.09. The maximum atomic E-state index is 12.1. The Morgan fingerprint density at radius 1 is 1.39 bits per heavy atom. The minimum absolute atomic E-state index is 0. The number of carbonyl (C=O) groups excluding carboxylic acids is 1. The number of benzene rings is 1. The van der Waals surface area contributed by atoms with Crippen molar-refractivity contribution in [2.75, 3.05) is 25.0 Å². The summed E-state index contributed by atoms with van der Waals surface area (Å²) in [6, 6.07) is 8.23. The Morgan fingerprint density at radius 3 is 2.56 bits per heavy atom. The molecule has 3 nitrogen and oxygen atoms in total. The van der Waals surface area contributed by atoms with Crippen LogP contribution in [0, 0.1) is 5.92 Å². The molecule has 0 aromatic heterocycles. The molecule has 2 rings (SSSR count). The number of hydrogen-bond donors (Lipinski definition) is 1. The number of amides is 1. The highest BCUT2D eigenvalue weighted by atomic mass is 35.5. The zero-order chi connectivity index (χ0) is 12.4. The number of carbonyl (C=O) groups is 1. The monoisotopic (exact) mass is 268 g/mol. The third kappa shape index (κ3) is 3.03. The van der Waals surface area contributed by atoms with E-state index >= 15 is 0 Å². The van der Waals surface area contributed by atoms with Gasteiger partial charge >= 0.3 is 0 Å². The summed E-state index contributed by atoms with van der Waals surface area (Å²) >= 11 is 0. The summed E-state index contributed by atoms with van der Waals surface area (Å²) in [6.45, 7) is 5.95. The van der Waals surface area contributed by atoms with Gasteiger partial charge in [-0.15, -0.1) is 12.4 Å². The Labute approximate surface area is 115 Å². The van der Waals surface area contributed by atoms with E-state index in [4.69, 9.17) is 0 Å². The molecule has 4 heteroatoms. The van der Waals surface area contributed by atoms with Gasteiger partial charge in [0.15, 0.2) is 0 Å². The highest BCUT2D eigenvalue weighted by Crippen LogP contribution is 2.22. The van der Waals surface area contributed by atoms with Gasteiger partial charge in [0.25, 0.3) is 0 Å². The first-order valence-electron chi connectivity index (χ1n) is 6.18. The molecule has 1 aliphatic rings. The Balaban J connectivity index is 0.00000162. The van der Waals surface area contributed by atoms with E-state index in [0.29, 0.717) is 5.92 Å². The fourth-order valence-electron chi connectivity index (χ4n) is 1.96. The maximum absolute atomic E-state index is 12.1. The fourth-order valence-corrected chi connectivity index (χ4v) is 1.96. The standard InChI is InChI=1S/C14H20N2O.ClH/c1-10(2)11-5-4-6-13(7-11)16(3)14(17)12-8-15-9-12;/h4-7,10,12,15H,8-9H2,1-3H3;1H. The van der Waals surface area contributed by atoms with Crippen molar-refractivity contribution in [1.82, 2.24) is 5.32 Å². The quantitative estimate of drug-likeness (QED) is 0.913. The molecule has 0 aliphatic carbocycles. The largest absolute Gasteiger partial charge is 0.315 e. The maximum Gasteiger partial charge on any atom is 0.232 e. The van der Waals surface area contributed by atoms with Crippen molar-refractivity contribution in [2.45, 2.75) is 19.8 Å². The van der Waals surface area contributed by atoms with Gasteiger partial charge in [0.05, 0.1) is 5.92 Å². The highest BCUT2D eigenvalue weighted by Gasteiger charge is 2.28. The number of hydrogen-bond acceptors (Lipinski definition) is 2. The molecule has 1 heterocycles. The van der Waals surface area contributed by atoms with E-state index < -0.39 is 0 Å². The Bertz CT molecular complexity index is 416. The summed E-state index contributed by atoms with van der Waals surface area (Å²) in [7, 11) is 1.86. The topological polar surface area (TPSA) is 32.3 Å². The van der Waals surface area contributed by atoms with Crippen molar-refractivity contribution >= 4 is 24.0 Å². The van der Waals surface area contributed by atoms with Crippen LogP contribution in [-0.4, -0.2) is 26.0 Å². The number of nitrogens with one attached hydrogen (secondary N) is 1. The molecule has 100 valence electrons. The van der Waals surface area contributed by atoms with Crippen molar-refractivity contribution < 1.29 is 4.79 Å². The van der Waals surface area contributed by atoms with E-state index in [9.17, 15) is 4.79 Å². The highest BCUT2D eigenvalue weighted by molar-refractivity contribution is 5.95. The molecule has 0 saturated carbocycles. The van der Waals surface area contributed by atoms with Gasteiger partial charge in [-0.2, -0.15) is 0 Å². The molecule has 1 aliphatic heterocycles. The molecule has 1 N–H and O–H groups in total. The van der Waals surface area contributed by atoms with Gasteiger partial charge in [0.2, 0.25) is 5.91 Å². The van der Waals surface area contributed by atoms with Gasteiger partial charge in [-0.25, -0.2) is 0 Å². The first kappa shape index (κ1) is 15.0. The Hall–Kier alpha value is -1.06. The molecule has 0 bridgehead atoms.